The van der Waals surface area contributed by atoms with E-state index in [2.05, 4.69) is 41.2 Å². The van der Waals surface area contributed by atoms with Gasteiger partial charge in [0.25, 0.3) is 5.56 Å². The van der Waals surface area contributed by atoms with E-state index in [0.717, 1.165) is 85.4 Å². The Morgan fingerprint density at radius 1 is 1.09 bits per heavy atom. The smallest absolute Gasteiger partial charge is 0.255 e. The second kappa shape index (κ2) is 8.31. The van der Waals surface area contributed by atoms with Crippen LogP contribution in [0.1, 0.15) is 52.8 Å². The predicted molar refractivity (Wildman–Crippen MR) is 133 cm³/mol. The summed E-state index contributed by atoms with van der Waals surface area (Å²) >= 11 is 0. The van der Waals surface area contributed by atoms with E-state index in [4.69, 9.17) is 4.98 Å². The molecule has 0 bridgehead atoms. The molecular formula is C24H32N8O. The molecule has 33 heavy (non-hydrogen) atoms. The van der Waals surface area contributed by atoms with Crippen molar-refractivity contribution in [3.05, 3.63) is 64.1 Å². The summed E-state index contributed by atoms with van der Waals surface area (Å²) in [7, 11) is 0. The van der Waals surface area contributed by atoms with E-state index in [1.807, 2.05) is 24.4 Å². The first-order valence-electron chi connectivity index (χ1n) is 11.6. The van der Waals surface area contributed by atoms with Gasteiger partial charge in [-0.25, -0.2) is 19.9 Å². The minimum Gasteiger partial charge on any atom is -0.355 e. The fraction of sp³-hybridized carbons (Fsp3) is 0.375. The van der Waals surface area contributed by atoms with Crippen molar-refractivity contribution in [3.8, 4) is 0 Å². The van der Waals surface area contributed by atoms with Crippen LogP contribution in [0.4, 0.5) is 17.6 Å². The summed E-state index contributed by atoms with van der Waals surface area (Å²) in [4.78, 5) is 39.2. The molecule has 1 aliphatic heterocycles. The van der Waals surface area contributed by atoms with E-state index in [1.54, 1.807) is 6.33 Å². The fourth-order valence-corrected chi connectivity index (χ4v) is 5.05. The van der Waals surface area contributed by atoms with Crippen LogP contribution < -0.4 is 15.8 Å². The zero-order valence-electron chi connectivity index (χ0n) is 18.3. The lowest BCUT2D eigenvalue weighted by Crippen LogP contribution is -2.35. The van der Waals surface area contributed by atoms with Gasteiger partial charge in [0, 0.05) is 40.7 Å². The molecule has 3 N–H and O–H groups in total. The van der Waals surface area contributed by atoms with Crippen molar-refractivity contribution in [2.24, 2.45) is 0 Å². The molecule has 5 heterocycles. The van der Waals surface area contributed by atoms with Gasteiger partial charge < -0.3 is 15.2 Å². The van der Waals surface area contributed by atoms with Crippen LogP contribution in [0.5, 0.6) is 0 Å². The number of hydrogen-bond acceptors (Lipinski definition) is 7. The average Bonchev–Trinajstić information content (AvgIpc) is 3.34. The average molecular weight is 449 g/mol. The van der Waals surface area contributed by atoms with Gasteiger partial charge in [-0.3, -0.25) is 9.78 Å². The number of aromatic nitrogens is 6. The van der Waals surface area contributed by atoms with Crippen LogP contribution in [-0.4, -0.2) is 43.0 Å². The molecule has 174 valence electrons. The molecule has 2 aliphatic rings. The third-order valence-electron chi connectivity index (χ3n) is 6.68. The number of hydrogen-bond donors (Lipinski definition) is 3. The van der Waals surface area contributed by atoms with Crippen LogP contribution in [0.15, 0.2) is 41.6 Å². The molecule has 1 unspecified atom stereocenters. The SMILES string of the molecule is O=c1[nH]c(Nc2cccc(C3CCCN(c4ncnc5[nH]ccc45)C3)n2)nc2c1CCCC2.[HH].[HH].[HH]. The molecular weight excluding hydrogens is 416 g/mol. The summed E-state index contributed by atoms with van der Waals surface area (Å²) in [6, 6.07) is 8.03. The Morgan fingerprint density at radius 3 is 3.00 bits per heavy atom. The maximum Gasteiger partial charge on any atom is 0.255 e. The number of H-pyrrole nitrogens is 2. The number of aryl methyl sites for hydroxylation is 1. The van der Waals surface area contributed by atoms with Gasteiger partial charge in [0.2, 0.25) is 5.95 Å². The van der Waals surface area contributed by atoms with E-state index in [9.17, 15) is 4.79 Å². The molecule has 4 aromatic rings. The number of rotatable bonds is 4. The topological polar surface area (TPSA) is 115 Å². The molecule has 1 saturated heterocycles. The van der Waals surface area contributed by atoms with Crippen LogP contribution in [0.25, 0.3) is 11.0 Å². The molecule has 0 spiro atoms. The summed E-state index contributed by atoms with van der Waals surface area (Å²) in [5.41, 5.74) is 3.59. The molecule has 1 atom stereocenters. The van der Waals surface area contributed by atoms with Gasteiger partial charge in [0.1, 0.15) is 23.6 Å². The largest absolute Gasteiger partial charge is 0.355 e. The molecule has 1 aliphatic carbocycles. The highest BCUT2D eigenvalue weighted by Gasteiger charge is 2.25. The lowest BCUT2D eigenvalue weighted by Gasteiger charge is -2.33. The zero-order valence-corrected chi connectivity index (χ0v) is 18.3. The first kappa shape index (κ1) is 19.9. The van der Waals surface area contributed by atoms with Crippen molar-refractivity contribution in [2.75, 3.05) is 23.3 Å². The molecule has 0 saturated carbocycles. The Hall–Kier alpha value is -3.75. The highest BCUT2D eigenvalue weighted by Crippen LogP contribution is 2.31. The number of nitrogens with one attached hydrogen (secondary N) is 3. The number of aromatic amines is 2. The van der Waals surface area contributed by atoms with Crippen LogP contribution >= 0.6 is 0 Å². The molecule has 0 radical (unpaired) electrons. The standard InChI is InChI=1S/C24H26N8O.3H2/c33-23-16-6-1-2-7-19(16)29-24(31-23)30-20-9-3-8-18(28-20)15-5-4-12-32(13-15)22-17-10-11-25-21(17)26-14-27-22;;;/h3,8-11,14-15H,1-2,4-7,12-13H2,(H,25,26,27)(H2,28,29,30,31,33);3*1H. The monoisotopic (exact) mass is 448 g/mol. The number of piperidine rings is 1. The molecule has 9 heteroatoms. The van der Waals surface area contributed by atoms with Gasteiger partial charge in [-0.1, -0.05) is 6.07 Å². The summed E-state index contributed by atoms with van der Waals surface area (Å²) in [5.74, 6) is 2.42. The van der Waals surface area contributed by atoms with Crippen LogP contribution in [0, 0.1) is 0 Å². The van der Waals surface area contributed by atoms with E-state index in [1.165, 1.54) is 0 Å². The van der Waals surface area contributed by atoms with Gasteiger partial charge in [-0.2, -0.15) is 0 Å². The number of pyridine rings is 1. The van der Waals surface area contributed by atoms with E-state index >= 15 is 0 Å². The van der Waals surface area contributed by atoms with Crippen molar-refractivity contribution in [2.45, 2.75) is 44.4 Å². The summed E-state index contributed by atoms with van der Waals surface area (Å²) < 4.78 is 0. The summed E-state index contributed by atoms with van der Waals surface area (Å²) in [5, 5.41) is 4.27. The van der Waals surface area contributed by atoms with Crippen molar-refractivity contribution in [1.82, 2.24) is 29.9 Å². The van der Waals surface area contributed by atoms with Gasteiger partial charge in [0.15, 0.2) is 0 Å². The van der Waals surface area contributed by atoms with Crippen LogP contribution in [-0.2, 0) is 12.8 Å². The minimum absolute atomic E-state index is 0. The maximum absolute atomic E-state index is 12.5. The third-order valence-corrected chi connectivity index (χ3v) is 6.68. The Balaban J connectivity index is 0.00000120. The highest BCUT2D eigenvalue weighted by atomic mass is 16.1. The van der Waals surface area contributed by atoms with Crippen LogP contribution in [0.3, 0.4) is 0 Å². The predicted octanol–water partition coefficient (Wildman–Crippen LogP) is 4.18. The second-order valence-corrected chi connectivity index (χ2v) is 8.84. The Labute approximate surface area is 195 Å². The highest BCUT2D eigenvalue weighted by molar-refractivity contribution is 5.87. The first-order valence-corrected chi connectivity index (χ1v) is 11.6. The third kappa shape index (κ3) is 3.83. The van der Waals surface area contributed by atoms with Gasteiger partial charge >= 0.3 is 0 Å². The molecule has 0 aromatic carbocycles. The molecule has 1 fully saturated rings. The Kier molecular flexibility index (Phi) is 5.01. The van der Waals surface area contributed by atoms with E-state index in [-0.39, 0.29) is 9.84 Å². The quantitative estimate of drug-likeness (QED) is 0.429. The zero-order chi connectivity index (χ0) is 22.2. The van der Waals surface area contributed by atoms with Crippen molar-refractivity contribution in [1.29, 1.82) is 0 Å². The molecule has 4 aromatic heterocycles. The molecule has 9 nitrogen and oxygen atoms in total. The molecule has 0 amide bonds. The fourth-order valence-electron chi connectivity index (χ4n) is 5.05. The van der Waals surface area contributed by atoms with Crippen molar-refractivity contribution in [3.63, 3.8) is 0 Å². The van der Waals surface area contributed by atoms with Gasteiger partial charge in [-0.15, -0.1) is 0 Å². The van der Waals surface area contributed by atoms with Crippen LogP contribution in [0.2, 0.25) is 0 Å². The van der Waals surface area contributed by atoms with Crippen molar-refractivity contribution >= 4 is 28.6 Å². The van der Waals surface area contributed by atoms with E-state index < -0.39 is 0 Å². The summed E-state index contributed by atoms with van der Waals surface area (Å²) in [6.07, 6.45) is 9.46. The van der Waals surface area contributed by atoms with Crippen molar-refractivity contribution < 1.29 is 4.28 Å². The Bertz CT molecular complexity index is 1370. The maximum atomic E-state index is 12.5. The van der Waals surface area contributed by atoms with Gasteiger partial charge in [-0.05, 0) is 56.7 Å². The van der Waals surface area contributed by atoms with Gasteiger partial charge in [0.05, 0.1) is 11.1 Å². The van der Waals surface area contributed by atoms with E-state index in [0.29, 0.717) is 17.7 Å². The lowest BCUT2D eigenvalue weighted by molar-refractivity contribution is 0.500. The number of anilines is 3. The second-order valence-electron chi connectivity index (χ2n) is 8.84. The summed E-state index contributed by atoms with van der Waals surface area (Å²) in [6.45, 7) is 1.81. The molecule has 6 rings (SSSR count). The first-order chi connectivity index (χ1) is 16.2. The normalized spacial score (nSPS) is 18.3. The number of fused-ring (bicyclic) bond motifs is 2. The minimum atomic E-state index is -0.0396. The lowest BCUT2D eigenvalue weighted by atomic mass is 9.94. The number of nitrogens with zero attached hydrogens (tertiary/aromatic N) is 5. The Morgan fingerprint density at radius 2 is 2.03 bits per heavy atom.